The number of benzene rings is 2. The van der Waals surface area contributed by atoms with Gasteiger partial charge in [0.25, 0.3) is 0 Å². The zero-order chi connectivity index (χ0) is 13.4. The Kier molecular flexibility index (Phi) is 2.84. The monoisotopic (exact) mass is 251 g/mol. The highest BCUT2D eigenvalue weighted by atomic mass is 15.2. The van der Waals surface area contributed by atoms with Gasteiger partial charge in [-0.05, 0) is 41.0 Å². The van der Waals surface area contributed by atoms with E-state index in [4.69, 9.17) is 5.73 Å². The molecule has 1 aromatic heterocycles. The minimum Gasteiger partial charge on any atom is -0.324 e. The van der Waals surface area contributed by atoms with Crippen LogP contribution < -0.4 is 5.73 Å². The van der Waals surface area contributed by atoms with Crippen LogP contribution in [0.1, 0.15) is 18.5 Å². The van der Waals surface area contributed by atoms with Crippen LogP contribution in [0.5, 0.6) is 0 Å². The van der Waals surface area contributed by atoms with E-state index >= 15 is 0 Å². The molecular weight excluding hydrogens is 234 g/mol. The Morgan fingerprint density at radius 2 is 1.95 bits per heavy atom. The zero-order valence-electron chi connectivity index (χ0n) is 11.2. The van der Waals surface area contributed by atoms with Crippen molar-refractivity contribution in [2.45, 2.75) is 13.0 Å². The molecule has 96 valence electrons. The molecule has 0 bridgehead atoms. The fourth-order valence-electron chi connectivity index (χ4n) is 2.45. The van der Waals surface area contributed by atoms with Crippen LogP contribution in [-0.2, 0) is 7.05 Å². The maximum absolute atomic E-state index is 6.11. The van der Waals surface area contributed by atoms with Crippen molar-refractivity contribution >= 4 is 10.8 Å². The van der Waals surface area contributed by atoms with Gasteiger partial charge in [0.1, 0.15) is 0 Å². The maximum atomic E-state index is 6.11. The molecule has 0 amide bonds. The van der Waals surface area contributed by atoms with Crippen LogP contribution in [0.4, 0.5) is 0 Å². The molecule has 1 unspecified atom stereocenters. The summed E-state index contributed by atoms with van der Waals surface area (Å²) >= 11 is 0. The molecule has 3 nitrogen and oxygen atoms in total. The van der Waals surface area contributed by atoms with E-state index in [2.05, 4.69) is 41.5 Å². The topological polar surface area (TPSA) is 43.8 Å². The first-order valence-corrected chi connectivity index (χ1v) is 6.42. The van der Waals surface area contributed by atoms with Crippen molar-refractivity contribution in [3.05, 3.63) is 54.4 Å². The van der Waals surface area contributed by atoms with Gasteiger partial charge in [0.2, 0.25) is 0 Å². The van der Waals surface area contributed by atoms with Gasteiger partial charge < -0.3 is 5.73 Å². The number of hydrogen-bond donors (Lipinski definition) is 1. The molecule has 0 radical (unpaired) electrons. The number of aromatic nitrogens is 2. The number of fused-ring (bicyclic) bond motifs is 1. The predicted molar refractivity (Wildman–Crippen MR) is 78.8 cm³/mol. The first-order chi connectivity index (χ1) is 9.15. The van der Waals surface area contributed by atoms with Gasteiger partial charge in [0.15, 0.2) is 0 Å². The van der Waals surface area contributed by atoms with Gasteiger partial charge in [0, 0.05) is 24.8 Å². The summed E-state index contributed by atoms with van der Waals surface area (Å²) in [6.45, 7) is 2.02. The summed E-state index contributed by atoms with van der Waals surface area (Å²) in [4.78, 5) is 0. The van der Waals surface area contributed by atoms with Crippen molar-refractivity contribution in [1.82, 2.24) is 9.78 Å². The Morgan fingerprint density at radius 3 is 2.63 bits per heavy atom. The van der Waals surface area contributed by atoms with Crippen LogP contribution in [0, 0.1) is 0 Å². The lowest BCUT2D eigenvalue weighted by molar-refractivity contribution is 0.768. The molecule has 2 N–H and O–H groups in total. The predicted octanol–water partition coefficient (Wildman–Crippen LogP) is 3.26. The molecule has 3 aromatic rings. The van der Waals surface area contributed by atoms with Crippen LogP contribution in [0.25, 0.3) is 21.9 Å². The highest BCUT2D eigenvalue weighted by Gasteiger charge is 2.09. The van der Waals surface area contributed by atoms with Crippen LogP contribution >= 0.6 is 0 Å². The Labute approximate surface area is 112 Å². The van der Waals surface area contributed by atoms with Gasteiger partial charge in [-0.15, -0.1) is 0 Å². The molecule has 0 aliphatic carbocycles. The standard InChI is InChI=1S/C16H17N3/c1-11(17)16-8-13(14-9-18-19(2)10-14)7-12-5-3-4-6-15(12)16/h3-11H,17H2,1-2H3. The van der Waals surface area contributed by atoms with Crippen LogP contribution in [0.2, 0.25) is 0 Å². The fourth-order valence-corrected chi connectivity index (χ4v) is 2.45. The number of nitrogens with zero attached hydrogens (tertiary/aromatic N) is 2. The SMILES string of the molecule is CC(N)c1cc(-c2cnn(C)c2)cc2ccccc12. The van der Waals surface area contributed by atoms with Crippen LogP contribution in [0.15, 0.2) is 48.8 Å². The summed E-state index contributed by atoms with van der Waals surface area (Å²) in [6.07, 6.45) is 3.91. The Balaban J connectivity index is 2.27. The summed E-state index contributed by atoms with van der Waals surface area (Å²) < 4.78 is 1.82. The molecule has 1 heterocycles. The molecule has 19 heavy (non-hydrogen) atoms. The number of rotatable bonds is 2. The molecule has 0 saturated heterocycles. The van der Waals surface area contributed by atoms with E-state index in [1.165, 1.54) is 21.9 Å². The van der Waals surface area contributed by atoms with Crippen LogP contribution in [0.3, 0.4) is 0 Å². The number of aryl methyl sites for hydroxylation is 1. The molecule has 3 rings (SSSR count). The van der Waals surface area contributed by atoms with Crippen molar-refractivity contribution in [3.8, 4) is 11.1 Å². The van der Waals surface area contributed by atoms with Crippen molar-refractivity contribution in [2.75, 3.05) is 0 Å². The van der Waals surface area contributed by atoms with E-state index in [-0.39, 0.29) is 6.04 Å². The first kappa shape index (κ1) is 11.9. The Hall–Kier alpha value is -2.13. The third kappa shape index (κ3) is 2.13. The summed E-state index contributed by atoms with van der Waals surface area (Å²) in [5, 5.41) is 6.68. The van der Waals surface area contributed by atoms with E-state index in [1.807, 2.05) is 31.0 Å². The van der Waals surface area contributed by atoms with Crippen molar-refractivity contribution < 1.29 is 0 Å². The normalized spacial score (nSPS) is 12.8. The second-order valence-electron chi connectivity index (χ2n) is 4.98. The molecule has 0 aliphatic heterocycles. The highest BCUT2D eigenvalue weighted by molar-refractivity contribution is 5.90. The van der Waals surface area contributed by atoms with Gasteiger partial charge in [0.05, 0.1) is 6.20 Å². The second-order valence-corrected chi connectivity index (χ2v) is 4.98. The summed E-state index contributed by atoms with van der Waals surface area (Å²) in [7, 11) is 1.93. The largest absolute Gasteiger partial charge is 0.324 e. The molecule has 0 saturated carbocycles. The summed E-state index contributed by atoms with van der Waals surface area (Å²) in [5.74, 6) is 0. The highest BCUT2D eigenvalue weighted by Crippen LogP contribution is 2.30. The van der Waals surface area contributed by atoms with E-state index in [0.29, 0.717) is 0 Å². The third-order valence-corrected chi connectivity index (χ3v) is 3.42. The van der Waals surface area contributed by atoms with Gasteiger partial charge in [-0.1, -0.05) is 24.3 Å². The Morgan fingerprint density at radius 1 is 1.16 bits per heavy atom. The Bertz CT molecular complexity index is 726. The van der Waals surface area contributed by atoms with Crippen LogP contribution in [-0.4, -0.2) is 9.78 Å². The van der Waals surface area contributed by atoms with E-state index in [1.54, 1.807) is 0 Å². The zero-order valence-corrected chi connectivity index (χ0v) is 11.2. The maximum Gasteiger partial charge on any atom is 0.0568 e. The van der Waals surface area contributed by atoms with Crippen molar-refractivity contribution in [1.29, 1.82) is 0 Å². The molecule has 0 aliphatic rings. The van der Waals surface area contributed by atoms with Crippen molar-refractivity contribution in [3.63, 3.8) is 0 Å². The molecule has 3 heteroatoms. The second kappa shape index (κ2) is 4.52. The van der Waals surface area contributed by atoms with E-state index < -0.39 is 0 Å². The molecular formula is C16H17N3. The van der Waals surface area contributed by atoms with E-state index in [0.717, 1.165) is 5.56 Å². The molecule has 0 fully saturated rings. The van der Waals surface area contributed by atoms with Gasteiger partial charge in [-0.25, -0.2) is 0 Å². The average Bonchev–Trinajstić information content (AvgIpc) is 2.84. The molecule has 2 aromatic carbocycles. The molecule has 0 spiro atoms. The number of nitrogens with two attached hydrogens (primary N) is 1. The molecule has 1 atom stereocenters. The third-order valence-electron chi connectivity index (χ3n) is 3.42. The van der Waals surface area contributed by atoms with E-state index in [9.17, 15) is 0 Å². The number of hydrogen-bond acceptors (Lipinski definition) is 2. The van der Waals surface area contributed by atoms with Gasteiger partial charge >= 0.3 is 0 Å². The van der Waals surface area contributed by atoms with Gasteiger partial charge in [-0.2, -0.15) is 5.10 Å². The van der Waals surface area contributed by atoms with Crippen molar-refractivity contribution in [2.24, 2.45) is 12.8 Å². The fraction of sp³-hybridized carbons (Fsp3) is 0.188. The lowest BCUT2D eigenvalue weighted by atomic mass is 9.95. The smallest absolute Gasteiger partial charge is 0.0568 e. The first-order valence-electron chi connectivity index (χ1n) is 6.42. The summed E-state index contributed by atoms with van der Waals surface area (Å²) in [5.41, 5.74) is 9.58. The average molecular weight is 251 g/mol. The minimum atomic E-state index is 0.0153. The summed E-state index contributed by atoms with van der Waals surface area (Å²) in [6, 6.07) is 12.7. The van der Waals surface area contributed by atoms with Gasteiger partial charge in [-0.3, -0.25) is 4.68 Å². The minimum absolute atomic E-state index is 0.0153. The lowest BCUT2D eigenvalue weighted by Crippen LogP contribution is -2.05. The quantitative estimate of drug-likeness (QED) is 0.759. The lowest BCUT2D eigenvalue weighted by Gasteiger charge is -2.12.